The third-order valence-corrected chi connectivity index (χ3v) is 3.42. The number of anilines is 2. The molecule has 1 aliphatic rings. The first-order valence-corrected chi connectivity index (χ1v) is 5.99. The number of hydrogen-bond donors (Lipinski definition) is 1. The summed E-state index contributed by atoms with van der Waals surface area (Å²) >= 11 is 1.19. The maximum absolute atomic E-state index is 11.8. The third-order valence-electron chi connectivity index (χ3n) is 2.44. The molecule has 0 saturated carbocycles. The number of nitrogens with zero attached hydrogens (tertiary/aromatic N) is 3. The topological polar surface area (TPSA) is 89.2 Å². The lowest BCUT2D eigenvalue weighted by atomic mass is 10.4. The van der Waals surface area contributed by atoms with Gasteiger partial charge in [-0.1, -0.05) is 11.8 Å². The summed E-state index contributed by atoms with van der Waals surface area (Å²) in [5.41, 5.74) is 6.21. The van der Waals surface area contributed by atoms with Gasteiger partial charge in [-0.15, -0.1) is 0 Å². The summed E-state index contributed by atoms with van der Waals surface area (Å²) in [5.74, 6) is 0.229. The Bertz CT molecular complexity index is 465. The normalized spacial score (nSPS) is 19.7. The van der Waals surface area contributed by atoms with Crippen LogP contribution in [0.25, 0.3) is 0 Å². The molecule has 1 atom stereocenters. The van der Waals surface area contributed by atoms with Crippen molar-refractivity contribution in [3.8, 4) is 0 Å². The predicted octanol–water partition coefficient (Wildman–Crippen LogP) is 0.444. The van der Waals surface area contributed by atoms with Crippen LogP contribution in [0, 0.1) is 0 Å². The van der Waals surface area contributed by atoms with Crippen LogP contribution in [-0.2, 0) is 9.59 Å². The molecule has 0 radical (unpaired) electrons. The van der Waals surface area contributed by atoms with Crippen molar-refractivity contribution in [1.82, 2.24) is 9.97 Å². The van der Waals surface area contributed by atoms with Gasteiger partial charge in [0.25, 0.3) is 0 Å². The molecule has 1 unspecified atom stereocenters. The van der Waals surface area contributed by atoms with E-state index >= 15 is 0 Å². The first-order chi connectivity index (χ1) is 8.08. The minimum absolute atomic E-state index is 0.0143. The summed E-state index contributed by atoms with van der Waals surface area (Å²) in [4.78, 5) is 32.0. The van der Waals surface area contributed by atoms with Gasteiger partial charge in [0.2, 0.25) is 5.91 Å². The first-order valence-electron chi connectivity index (χ1n) is 5.11. The fourth-order valence-corrected chi connectivity index (χ4v) is 2.68. The second-order valence-electron chi connectivity index (χ2n) is 3.73. The van der Waals surface area contributed by atoms with Crippen LogP contribution in [-0.4, -0.2) is 32.8 Å². The zero-order valence-corrected chi connectivity index (χ0v) is 10.1. The minimum Gasteiger partial charge on any atom is -0.382 e. The van der Waals surface area contributed by atoms with Gasteiger partial charge in [0.15, 0.2) is 10.9 Å². The Morgan fingerprint density at radius 2 is 2.41 bits per heavy atom. The monoisotopic (exact) mass is 252 g/mol. The Labute approximate surface area is 103 Å². The zero-order chi connectivity index (χ0) is 12.4. The molecule has 1 saturated heterocycles. The van der Waals surface area contributed by atoms with E-state index in [1.165, 1.54) is 36.1 Å². The number of carbonyl (C=O) groups is 2. The molecule has 1 aromatic heterocycles. The number of rotatable bonds is 2. The van der Waals surface area contributed by atoms with Crippen molar-refractivity contribution >= 4 is 34.3 Å². The lowest BCUT2D eigenvalue weighted by Gasteiger charge is -2.16. The van der Waals surface area contributed by atoms with Crippen molar-refractivity contribution in [2.45, 2.75) is 18.6 Å². The molecule has 2 N–H and O–H groups in total. The van der Waals surface area contributed by atoms with Crippen molar-refractivity contribution in [2.24, 2.45) is 0 Å². The Balaban J connectivity index is 2.16. The highest BCUT2D eigenvalue weighted by atomic mass is 32.2. The quantitative estimate of drug-likeness (QED) is 0.821. The molecule has 2 heterocycles. The van der Waals surface area contributed by atoms with E-state index in [0.717, 1.165) is 0 Å². The molecule has 0 spiro atoms. The van der Waals surface area contributed by atoms with Gasteiger partial charge in [-0.3, -0.25) is 9.59 Å². The van der Waals surface area contributed by atoms with E-state index in [4.69, 9.17) is 5.73 Å². The van der Waals surface area contributed by atoms with E-state index in [-0.39, 0.29) is 22.1 Å². The molecule has 90 valence electrons. The number of thioether (sulfide) groups is 1. The van der Waals surface area contributed by atoms with Gasteiger partial charge in [-0.05, 0) is 0 Å². The smallest absolute Gasteiger partial charge is 0.228 e. The maximum Gasteiger partial charge on any atom is 0.228 e. The summed E-state index contributed by atoms with van der Waals surface area (Å²) in [6.45, 7) is 1.97. The van der Waals surface area contributed by atoms with Gasteiger partial charge in [0, 0.05) is 25.1 Å². The molecule has 7 heteroatoms. The number of hydrogen-bond acceptors (Lipinski definition) is 6. The van der Waals surface area contributed by atoms with Crippen LogP contribution >= 0.6 is 11.8 Å². The van der Waals surface area contributed by atoms with Crippen LogP contribution in [0.3, 0.4) is 0 Å². The molecule has 17 heavy (non-hydrogen) atoms. The van der Waals surface area contributed by atoms with Gasteiger partial charge in [0.05, 0.1) is 6.20 Å². The first kappa shape index (κ1) is 11.8. The van der Waals surface area contributed by atoms with Gasteiger partial charge in [-0.2, -0.15) is 0 Å². The predicted molar refractivity (Wildman–Crippen MR) is 65.5 cm³/mol. The molecule has 1 aromatic rings. The van der Waals surface area contributed by atoms with Crippen LogP contribution in [0.2, 0.25) is 0 Å². The lowest BCUT2D eigenvalue weighted by molar-refractivity contribution is -0.117. The molecule has 0 aromatic carbocycles. The van der Waals surface area contributed by atoms with Crippen LogP contribution < -0.4 is 10.6 Å². The minimum atomic E-state index is -0.0507. The maximum atomic E-state index is 11.8. The number of nitrogens with two attached hydrogens (primary N) is 1. The number of aromatic nitrogens is 2. The van der Waals surface area contributed by atoms with Crippen molar-refractivity contribution in [3.63, 3.8) is 0 Å². The molecule has 2 rings (SSSR count). The average molecular weight is 252 g/mol. The lowest BCUT2D eigenvalue weighted by Crippen LogP contribution is -2.26. The fourth-order valence-electron chi connectivity index (χ4n) is 1.76. The van der Waals surface area contributed by atoms with E-state index in [1.807, 2.05) is 0 Å². The Kier molecular flexibility index (Phi) is 3.28. The molecular weight excluding hydrogens is 240 g/mol. The Hall–Kier alpha value is -1.63. The SMILES string of the molecule is CC(=O)SC1CC(=O)N(c2cncnc2N)C1. The average Bonchev–Trinajstić information content (AvgIpc) is 2.59. The standard InChI is InChI=1S/C10H12N4O2S/c1-6(15)17-7-2-9(16)14(4-7)8-3-12-5-13-10(8)11/h3,5,7H,2,4H2,1H3,(H2,11,12,13). The molecular formula is C10H12N4O2S. The zero-order valence-electron chi connectivity index (χ0n) is 9.29. The van der Waals surface area contributed by atoms with E-state index in [0.29, 0.717) is 18.7 Å². The van der Waals surface area contributed by atoms with E-state index < -0.39 is 0 Å². The van der Waals surface area contributed by atoms with Crippen molar-refractivity contribution in [3.05, 3.63) is 12.5 Å². The van der Waals surface area contributed by atoms with Crippen LogP contribution in [0.1, 0.15) is 13.3 Å². The molecule has 1 fully saturated rings. The molecule has 0 bridgehead atoms. The van der Waals surface area contributed by atoms with Crippen LogP contribution in [0.5, 0.6) is 0 Å². The molecule has 1 amide bonds. The Morgan fingerprint density at radius 3 is 3.06 bits per heavy atom. The summed E-state index contributed by atoms with van der Waals surface area (Å²) in [6.07, 6.45) is 3.20. The van der Waals surface area contributed by atoms with Gasteiger partial charge in [-0.25, -0.2) is 9.97 Å². The number of amides is 1. The van der Waals surface area contributed by atoms with Gasteiger partial charge >= 0.3 is 0 Å². The second kappa shape index (κ2) is 4.70. The van der Waals surface area contributed by atoms with E-state index in [1.54, 1.807) is 0 Å². The van der Waals surface area contributed by atoms with Gasteiger partial charge < -0.3 is 10.6 Å². The van der Waals surface area contributed by atoms with Crippen molar-refractivity contribution < 1.29 is 9.59 Å². The van der Waals surface area contributed by atoms with Gasteiger partial charge in [0.1, 0.15) is 12.0 Å². The third kappa shape index (κ3) is 2.55. The van der Waals surface area contributed by atoms with Crippen molar-refractivity contribution in [1.29, 1.82) is 0 Å². The summed E-state index contributed by atoms with van der Waals surface area (Å²) < 4.78 is 0. The molecule has 0 aliphatic carbocycles. The highest BCUT2D eigenvalue weighted by molar-refractivity contribution is 8.14. The van der Waals surface area contributed by atoms with Crippen molar-refractivity contribution in [2.75, 3.05) is 17.2 Å². The summed E-state index contributed by atoms with van der Waals surface area (Å²) in [7, 11) is 0. The second-order valence-corrected chi connectivity index (χ2v) is 5.21. The number of nitrogen functional groups attached to an aromatic ring is 1. The highest BCUT2D eigenvalue weighted by Gasteiger charge is 2.33. The largest absolute Gasteiger partial charge is 0.382 e. The fraction of sp³-hybridized carbons (Fsp3) is 0.400. The highest BCUT2D eigenvalue weighted by Crippen LogP contribution is 2.30. The Morgan fingerprint density at radius 1 is 1.65 bits per heavy atom. The molecule has 6 nitrogen and oxygen atoms in total. The van der Waals surface area contributed by atoms with Crippen LogP contribution in [0.15, 0.2) is 12.5 Å². The van der Waals surface area contributed by atoms with E-state index in [2.05, 4.69) is 9.97 Å². The number of carbonyl (C=O) groups excluding carboxylic acids is 2. The van der Waals surface area contributed by atoms with E-state index in [9.17, 15) is 9.59 Å². The summed E-state index contributed by atoms with van der Waals surface area (Å²) in [6, 6.07) is 0. The molecule has 1 aliphatic heterocycles. The van der Waals surface area contributed by atoms with Crippen LogP contribution in [0.4, 0.5) is 11.5 Å². The summed E-state index contributed by atoms with van der Waals surface area (Å²) in [5, 5.41) is 0.00143.